The van der Waals surface area contributed by atoms with Gasteiger partial charge in [-0.05, 0) is 42.5 Å². The normalized spacial score (nSPS) is 10.3. The van der Waals surface area contributed by atoms with Gasteiger partial charge in [0.05, 0.1) is 5.69 Å². The first-order valence-corrected chi connectivity index (χ1v) is 6.77. The minimum absolute atomic E-state index is 0.173. The molecular formula is C16H12ClN3O. The van der Waals surface area contributed by atoms with E-state index in [0.29, 0.717) is 10.6 Å². The van der Waals surface area contributed by atoms with Crippen LogP contribution >= 0.6 is 11.6 Å². The summed E-state index contributed by atoms with van der Waals surface area (Å²) in [5, 5.41) is 10.3. The van der Waals surface area contributed by atoms with E-state index in [4.69, 9.17) is 11.6 Å². The van der Waals surface area contributed by atoms with Crippen molar-refractivity contribution >= 4 is 23.2 Å². The Hall–Kier alpha value is -2.59. The SMILES string of the molecule is O=C(Nc1cccc(-c2ccn[nH]2)c1)c1ccc(Cl)cc1. The maximum atomic E-state index is 12.1. The largest absolute Gasteiger partial charge is 0.322 e. The second-order valence-electron chi connectivity index (χ2n) is 4.51. The van der Waals surface area contributed by atoms with Crippen molar-refractivity contribution in [3.8, 4) is 11.3 Å². The van der Waals surface area contributed by atoms with Gasteiger partial charge in [0.25, 0.3) is 5.91 Å². The van der Waals surface area contributed by atoms with Crippen LogP contribution in [0.1, 0.15) is 10.4 Å². The van der Waals surface area contributed by atoms with Gasteiger partial charge >= 0.3 is 0 Å². The van der Waals surface area contributed by atoms with Gasteiger partial charge in [-0.25, -0.2) is 0 Å². The van der Waals surface area contributed by atoms with E-state index in [2.05, 4.69) is 15.5 Å². The van der Waals surface area contributed by atoms with Crippen LogP contribution in [0, 0.1) is 0 Å². The Bertz CT molecular complexity index is 751. The number of carbonyl (C=O) groups excluding carboxylic acids is 1. The van der Waals surface area contributed by atoms with Crippen molar-refractivity contribution in [2.75, 3.05) is 5.32 Å². The third-order valence-electron chi connectivity index (χ3n) is 3.04. The number of H-pyrrole nitrogens is 1. The highest BCUT2D eigenvalue weighted by molar-refractivity contribution is 6.30. The van der Waals surface area contributed by atoms with Gasteiger partial charge in [0.1, 0.15) is 0 Å². The van der Waals surface area contributed by atoms with Gasteiger partial charge in [0, 0.05) is 28.0 Å². The van der Waals surface area contributed by atoms with E-state index in [0.717, 1.165) is 16.9 Å². The number of hydrogen-bond donors (Lipinski definition) is 2. The lowest BCUT2D eigenvalue weighted by atomic mass is 10.1. The lowest BCUT2D eigenvalue weighted by molar-refractivity contribution is 0.102. The van der Waals surface area contributed by atoms with Crippen LogP contribution in [0.5, 0.6) is 0 Å². The molecule has 1 amide bonds. The first-order chi connectivity index (χ1) is 10.2. The molecule has 1 aromatic heterocycles. The van der Waals surface area contributed by atoms with Crippen molar-refractivity contribution in [3.63, 3.8) is 0 Å². The average Bonchev–Trinajstić information content (AvgIpc) is 3.02. The maximum absolute atomic E-state index is 12.1. The second kappa shape index (κ2) is 5.81. The molecule has 0 aliphatic heterocycles. The number of aromatic nitrogens is 2. The molecule has 0 bridgehead atoms. The highest BCUT2D eigenvalue weighted by atomic mass is 35.5. The lowest BCUT2D eigenvalue weighted by Crippen LogP contribution is -2.11. The number of amides is 1. The topological polar surface area (TPSA) is 57.8 Å². The van der Waals surface area contributed by atoms with Crippen LogP contribution in [0.3, 0.4) is 0 Å². The zero-order valence-electron chi connectivity index (χ0n) is 11.0. The number of benzene rings is 2. The maximum Gasteiger partial charge on any atom is 0.255 e. The molecule has 0 aliphatic carbocycles. The van der Waals surface area contributed by atoms with Crippen molar-refractivity contribution < 1.29 is 4.79 Å². The molecule has 21 heavy (non-hydrogen) atoms. The summed E-state index contributed by atoms with van der Waals surface area (Å²) >= 11 is 5.81. The predicted molar refractivity (Wildman–Crippen MR) is 83.4 cm³/mol. The molecule has 0 fully saturated rings. The molecule has 0 radical (unpaired) electrons. The number of hydrogen-bond acceptors (Lipinski definition) is 2. The predicted octanol–water partition coefficient (Wildman–Crippen LogP) is 3.98. The molecular weight excluding hydrogens is 286 g/mol. The third kappa shape index (κ3) is 3.12. The smallest absolute Gasteiger partial charge is 0.255 e. The third-order valence-corrected chi connectivity index (χ3v) is 3.29. The second-order valence-corrected chi connectivity index (χ2v) is 4.95. The number of aromatic amines is 1. The molecule has 1 heterocycles. The summed E-state index contributed by atoms with van der Waals surface area (Å²) in [5.41, 5.74) is 3.15. The van der Waals surface area contributed by atoms with Crippen LogP contribution in [-0.4, -0.2) is 16.1 Å². The molecule has 4 nitrogen and oxygen atoms in total. The van der Waals surface area contributed by atoms with E-state index >= 15 is 0 Å². The summed E-state index contributed by atoms with van der Waals surface area (Å²) in [6.07, 6.45) is 1.69. The quantitative estimate of drug-likeness (QED) is 0.768. The monoisotopic (exact) mass is 297 g/mol. The van der Waals surface area contributed by atoms with Gasteiger partial charge in [-0.2, -0.15) is 5.10 Å². The zero-order valence-corrected chi connectivity index (χ0v) is 11.8. The number of halogens is 1. The lowest BCUT2D eigenvalue weighted by Gasteiger charge is -2.07. The molecule has 3 rings (SSSR count). The number of anilines is 1. The first-order valence-electron chi connectivity index (χ1n) is 6.39. The number of nitrogens with zero attached hydrogens (tertiary/aromatic N) is 1. The zero-order chi connectivity index (χ0) is 14.7. The van der Waals surface area contributed by atoms with Crippen molar-refractivity contribution in [1.29, 1.82) is 0 Å². The molecule has 0 unspecified atom stereocenters. The van der Waals surface area contributed by atoms with E-state index in [1.807, 2.05) is 30.3 Å². The molecule has 104 valence electrons. The molecule has 0 atom stereocenters. The molecule has 0 saturated heterocycles. The number of nitrogens with one attached hydrogen (secondary N) is 2. The average molecular weight is 298 g/mol. The van der Waals surface area contributed by atoms with Crippen molar-refractivity contribution in [3.05, 3.63) is 71.4 Å². The summed E-state index contributed by atoms with van der Waals surface area (Å²) in [6, 6.07) is 16.2. The van der Waals surface area contributed by atoms with Gasteiger partial charge in [0.15, 0.2) is 0 Å². The summed E-state index contributed by atoms with van der Waals surface area (Å²) in [5.74, 6) is -0.173. The summed E-state index contributed by atoms with van der Waals surface area (Å²) in [7, 11) is 0. The highest BCUT2D eigenvalue weighted by Gasteiger charge is 2.07. The van der Waals surface area contributed by atoms with Gasteiger partial charge < -0.3 is 5.32 Å². The fourth-order valence-corrected chi connectivity index (χ4v) is 2.11. The van der Waals surface area contributed by atoms with Gasteiger partial charge in [-0.3, -0.25) is 9.89 Å². The van der Waals surface area contributed by atoms with E-state index in [-0.39, 0.29) is 5.91 Å². The highest BCUT2D eigenvalue weighted by Crippen LogP contribution is 2.21. The number of carbonyl (C=O) groups is 1. The van der Waals surface area contributed by atoms with E-state index in [1.54, 1.807) is 30.5 Å². The van der Waals surface area contributed by atoms with Crippen LogP contribution in [0.25, 0.3) is 11.3 Å². The van der Waals surface area contributed by atoms with Gasteiger partial charge in [-0.1, -0.05) is 23.7 Å². The van der Waals surface area contributed by atoms with Crippen LogP contribution in [0.4, 0.5) is 5.69 Å². The van der Waals surface area contributed by atoms with Gasteiger partial charge in [0.2, 0.25) is 0 Å². The van der Waals surface area contributed by atoms with Crippen molar-refractivity contribution in [2.24, 2.45) is 0 Å². The van der Waals surface area contributed by atoms with Crippen LogP contribution in [0.2, 0.25) is 5.02 Å². The Morgan fingerprint density at radius 3 is 2.62 bits per heavy atom. The Balaban J connectivity index is 1.80. The summed E-state index contributed by atoms with van der Waals surface area (Å²) < 4.78 is 0. The molecule has 0 saturated carbocycles. The van der Waals surface area contributed by atoms with E-state index < -0.39 is 0 Å². The molecule has 5 heteroatoms. The van der Waals surface area contributed by atoms with Crippen molar-refractivity contribution in [2.45, 2.75) is 0 Å². The Kier molecular flexibility index (Phi) is 3.71. The molecule has 0 aliphatic rings. The molecule has 0 spiro atoms. The minimum atomic E-state index is -0.173. The fraction of sp³-hybridized carbons (Fsp3) is 0. The summed E-state index contributed by atoms with van der Waals surface area (Å²) in [6.45, 7) is 0. The minimum Gasteiger partial charge on any atom is -0.322 e. The number of rotatable bonds is 3. The fourth-order valence-electron chi connectivity index (χ4n) is 1.99. The van der Waals surface area contributed by atoms with Crippen LogP contribution < -0.4 is 5.32 Å². The molecule has 2 N–H and O–H groups in total. The Morgan fingerprint density at radius 1 is 1.10 bits per heavy atom. The van der Waals surface area contributed by atoms with Crippen LogP contribution in [-0.2, 0) is 0 Å². The Morgan fingerprint density at radius 2 is 1.90 bits per heavy atom. The summed E-state index contributed by atoms with van der Waals surface area (Å²) in [4.78, 5) is 12.1. The van der Waals surface area contributed by atoms with E-state index in [1.165, 1.54) is 0 Å². The van der Waals surface area contributed by atoms with E-state index in [9.17, 15) is 4.79 Å². The standard InChI is InChI=1S/C16H12ClN3O/c17-13-6-4-11(5-7-13)16(21)19-14-3-1-2-12(10-14)15-8-9-18-20-15/h1-10H,(H,18,20)(H,19,21). The van der Waals surface area contributed by atoms with Gasteiger partial charge in [-0.15, -0.1) is 0 Å². The van der Waals surface area contributed by atoms with Crippen LogP contribution in [0.15, 0.2) is 60.8 Å². The Labute approximate surface area is 126 Å². The molecule has 3 aromatic rings. The first kappa shape index (κ1) is 13.4. The van der Waals surface area contributed by atoms with Crippen molar-refractivity contribution in [1.82, 2.24) is 10.2 Å². The molecule has 2 aromatic carbocycles.